The number of hydrogen-bond donors (Lipinski definition) is 1. The second-order valence-corrected chi connectivity index (χ2v) is 13.0. The summed E-state index contributed by atoms with van der Waals surface area (Å²) >= 11 is 0. The first-order valence-electron chi connectivity index (χ1n) is 15.6. The average Bonchev–Trinajstić information content (AvgIpc) is 3.00. The van der Waals surface area contributed by atoms with Gasteiger partial charge in [-0.15, -0.1) is 0 Å². The number of benzene rings is 1. The number of cyclic esters (lactones) is 1. The van der Waals surface area contributed by atoms with Crippen LogP contribution in [0.3, 0.4) is 0 Å². The van der Waals surface area contributed by atoms with Crippen molar-refractivity contribution in [1.29, 1.82) is 0 Å². The molecule has 1 aromatic carbocycles. The summed E-state index contributed by atoms with van der Waals surface area (Å²) < 4.78 is 18.9. The van der Waals surface area contributed by atoms with E-state index in [-0.39, 0.29) is 49.8 Å². The summed E-state index contributed by atoms with van der Waals surface area (Å²) in [6, 6.07) is 9.62. The predicted octanol–water partition coefficient (Wildman–Crippen LogP) is 4.95. The van der Waals surface area contributed by atoms with Gasteiger partial charge >= 0.3 is 5.97 Å². The number of oxime groups is 1. The van der Waals surface area contributed by atoms with Crippen molar-refractivity contribution in [3.05, 3.63) is 35.9 Å². The number of ether oxygens (including phenoxy) is 3. The topological polar surface area (TPSA) is 133 Å². The van der Waals surface area contributed by atoms with E-state index in [2.05, 4.69) is 10.1 Å². The second-order valence-electron chi connectivity index (χ2n) is 13.0. The van der Waals surface area contributed by atoms with E-state index in [1.807, 2.05) is 58.0 Å². The van der Waals surface area contributed by atoms with Crippen molar-refractivity contribution < 1.29 is 38.5 Å². The summed E-state index contributed by atoms with van der Waals surface area (Å²) in [5.41, 5.74) is -0.722. The predicted molar refractivity (Wildman–Crippen MR) is 167 cm³/mol. The van der Waals surface area contributed by atoms with Crippen molar-refractivity contribution >= 4 is 29.1 Å². The highest BCUT2D eigenvalue weighted by molar-refractivity contribution is 6.00. The maximum absolute atomic E-state index is 13.7. The standard InChI is InChI=1S/C34H50N2O8/c1-10-28-34(9,40)31-22(4)29(35-25(7)37)20(2)16-33(8,24(6)21(3)30(38)23(5)32(39)44-28)42-19-27(18-41-31)36-43-17-26-14-12-11-13-15-26/h11-15,20-24,28,31,40H,10,16-19H2,1-9H3/b35-29?,36-27-. The molecule has 2 aliphatic rings. The van der Waals surface area contributed by atoms with Crippen LogP contribution in [0.5, 0.6) is 0 Å². The Morgan fingerprint density at radius 3 is 2.32 bits per heavy atom. The molecular weight excluding hydrogens is 564 g/mol. The van der Waals surface area contributed by atoms with Gasteiger partial charge in [0.05, 0.1) is 24.9 Å². The molecule has 3 rings (SSSR count). The number of carbonyl (C=O) groups is 3. The average molecular weight is 615 g/mol. The lowest BCUT2D eigenvalue weighted by atomic mass is 9.70. The zero-order chi connectivity index (χ0) is 32.8. The van der Waals surface area contributed by atoms with E-state index < -0.39 is 47.1 Å². The molecule has 2 aliphatic heterocycles. The van der Waals surface area contributed by atoms with Gasteiger partial charge in [-0.3, -0.25) is 14.4 Å². The number of Topliss-reactive ketones (excluding diaryl/α,β-unsaturated/α-hetero) is 1. The number of esters is 1. The van der Waals surface area contributed by atoms with E-state index in [0.29, 0.717) is 17.8 Å². The van der Waals surface area contributed by atoms with Crippen LogP contribution in [0.25, 0.3) is 0 Å². The summed E-state index contributed by atoms with van der Waals surface area (Å²) in [7, 11) is 0. The van der Waals surface area contributed by atoms with Crippen LogP contribution in [0.4, 0.5) is 0 Å². The molecule has 1 aromatic rings. The number of amides is 1. The van der Waals surface area contributed by atoms with Gasteiger partial charge in [-0.2, -0.15) is 0 Å². The minimum Gasteiger partial charge on any atom is -0.459 e. The Kier molecular flexibility index (Phi) is 12.0. The SMILES string of the molecule is CCC1OC(=O)C(C)C(=O)C(C)C(C)C2(C)CC(C)C(=NC(C)=O)C(C)C(OC/C(=N/OCc3ccccc3)CO2)C1(C)O. The Morgan fingerprint density at radius 1 is 1.05 bits per heavy atom. The van der Waals surface area contributed by atoms with Gasteiger partial charge < -0.3 is 24.2 Å². The zero-order valence-electron chi connectivity index (χ0n) is 27.7. The van der Waals surface area contributed by atoms with Crippen LogP contribution in [-0.2, 0) is 40.0 Å². The van der Waals surface area contributed by atoms with Crippen molar-refractivity contribution in [1.82, 2.24) is 0 Å². The molecule has 244 valence electrons. The first kappa shape index (κ1) is 35.5. The van der Waals surface area contributed by atoms with Crippen LogP contribution < -0.4 is 0 Å². The van der Waals surface area contributed by atoms with E-state index in [1.54, 1.807) is 27.7 Å². The number of ketones is 1. The van der Waals surface area contributed by atoms with E-state index in [4.69, 9.17) is 19.0 Å². The number of rotatable bonds is 4. The van der Waals surface area contributed by atoms with Crippen molar-refractivity contribution in [2.24, 2.45) is 39.7 Å². The lowest BCUT2D eigenvalue weighted by Gasteiger charge is -2.44. The van der Waals surface area contributed by atoms with Crippen LogP contribution in [-0.4, -0.2) is 70.8 Å². The summed E-state index contributed by atoms with van der Waals surface area (Å²) in [5.74, 6) is -4.18. The molecule has 9 atom stereocenters. The van der Waals surface area contributed by atoms with Crippen molar-refractivity contribution in [2.45, 2.75) is 105 Å². The molecule has 0 radical (unpaired) electrons. The molecule has 1 N–H and O–H groups in total. The highest BCUT2D eigenvalue weighted by atomic mass is 16.6. The molecule has 2 fully saturated rings. The van der Waals surface area contributed by atoms with Crippen molar-refractivity contribution in [3.63, 3.8) is 0 Å². The van der Waals surface area contributed by atoms with Gasteiger partial charge in [0.25, 0.3) is 0 Å². The third kappa shape index (κ3) is 8.20. The molecule has 44 heavy (non-hydrogen) atoms. The van der Waals surface area contributed by atoms with Crippen molar-refractivity contribution in [3.8, 4) is 0 Å². The molecule has 0 spiro atoms. The lowest BCUT2D eigenvalue weighted by Crippen LogP contribution is -2.57. The highest BCUT2D eigenvalue weighted by Gasteiger charge is 2.50. The maximum atomic E-state index is 13.7. The van der Waals surface area contributed by atoms with Crippen LogP contribution >= 0.6 is 0 Å². The first-order valence-corrected chi connectivity index (χ1v) is 15.6. The van der Waals surface area contributed by atoms with Gasteiger partial charge in [-0.1, -0.05) is 70.1 Å². The number of carbonyl (C=O) groups excluding carboxylic acids is 3. The third-order valence-electron chi connectivity index (χ3n) is 9.49. The minimum absolute atomic E-state index is 0.0356. The number of aliphatic hydroxyl groups is 1. The Hall–Kier alpha value is -2.95. The molecule has 10 heteroatoms. The molecule has 10 nitrogen and oxygen atoms in total. The minimum atomic E-state index is -1.74. The summed E-state index contributed by atoms with van der Waals surface area (Å²) in [4.78, 5) is 49.5. The molecule has 1 amide bonds. The van der Waals surface area contributed by atoms with Gasteiger partial charge in [-0.05, 0) is 51.0 Å². The third-order valence-corrected chi connectivity index (χ3v) is 9.49. The van der Waals surface area contributed by atoms with Crippen LogP contribution in [0.2, 0.25) is 0 Å². The Balaban J connectivity index is 2.21. The number of aliphatic imine (C=N–C) groups is 1. The first-order chi connectivity index (χ1) is 20.6. The fourth-order valence-corrected chi connectivity index (χ4v) is 6.53. The van der Waals surface area contributed by atoms with E-state index >= 15 is 0 Å². The van der Waals surface area contributed by atoms with Gasteiger partial charge in [0.15, 0.2) is 0 Å². The molecular formula is C34H50N2O8. The quantitative estimate of drug-likeness (QED) is 0.286. The summed E-state index contributed by atoms with van der Waals surface area (Å²) in [6.45, 7) is 16.0. The fraction of sp³-hybridized carbons (Fsp3) is 0.676. The number of nitrogens with zero attached hydrogens (tertiary/aromatic N) is 2. The van der Waals surface area contributed by atoms with Crippen LogP contribution in [0, 0.1) is 29.6 Å². The monoisotopic (exact) mass is 614 g/mol. The van der Waals surface area contributed by atoms with Crippen molar-refractivity contribution in [2.75, 3.05) is 13.2 Å². The van der Waals surface area contributed by atoms with E-state index in [9.17, 15) is 19.5 Å². The molecule has 0 aliphatic carbocycles. The number of hydrogen-bond acceptors (Lipinski definition) is 9. The summed E-state index contributed by atoms with van der Waals surface area (Å²) in [6.07, 6.45) is -1.32. The normalized spacial score (nSPS) is 37.9. The Morgan fingerprint density at radius 2 is 1.70 bits per heavy atom. The van der Waals surface area contributed by atoms with Gasteiger partial charge in [0.1, 0.15) is 35.7 Å². The fourth-order valence-electron chi connectivity index (χ4n) is 6.53. The summed E-state index contributed by atoms with van der Waals surface area (Å²) in [5, 5.41) is 16.5. The molecule has 0 aromatic heterocycles. The van der Waals surface area contributed by atoms with E-state index in [1.165, 1.54) is 6.92 Å². The maximum Gasteiger partial charge on any atom is 0.316 e. The van der Waals surface area contributed by atoms with Gasteiger partial charge in [0.2, 0.25) is 5.91 Å². The molecule has 9 unspecified atom stereocenters. The molecule has 2 saturated heterocycles. The Bertz CT molecular complexity index is 1230. The van der Waals surface area contributed by atoms with Crippen LogP contribution in [0.15, 0.2) is 40.5 Å². The van der Waals surface area contributed by atoms with E-state index in [0.717, 1.165) is 5.56 Å². The highest BCUT2D eigenvalue weighted by Crippen LogP contribution is 2.39. The van der Waals surface area contributed by atoms with Gasteiger partial charge in [-0.25, -0.2) is 4.99 Å². The largest absolute Gasteiger partial charge is 0.459 e. The number of fused-ring (bicyclic) bond motifs is 5. The zero-order valence-corrected chi connectivity index (χ0v) is 27.7. The smallest absolute Gasteiger partial charge is 0.316 e. The molecule has 2 bridgehead atoms. The molecule has 0 saturated carbocycles. The molecule has 2 heterocycles. The van der Waals surface area contributed by atoms with Gasteiger partial charge in [0, 0.05) is 24.5 Å². The Labute approximate surface area is 261 Å². The van der Waals surface area contributed by atoms with Crippen LogP contribution in [0.1, 0.15) is 80.7 Å². The lowest BCUT2D eigenvalue weighted by molar-refractivity contribution is -0.192. The second kappa shape index (κ2) is 14.9.